The Hall–Kier alpha value is -2.53. The molecule has 3 saturated heterocycles. The van der Waals surface area contributed by atoms with E-state index in [1.807, 2.05) is 6.92 Å². The minimum Gasteiger partial charge on any atom is -0.472 e. The Morgan fingerprint density at radius 2 is 1.84 bits per heavy atom. The number of methoxy groups -OCH3 is 1. The van der Waals surface area contributed by atoms with Crippen molar-refractivity contribution in [2.45, 2.75) is 82.3 Å². The van der Waals surface area contributed by atoms with Crippen molar-refractivity contribution < 1.29 is 48.0 Å². The molecule has 5 fully saturated rings. The average molecular weight is 517 g/mol. The highest BCUT2D eigenvalue weighted by molar-refractivity contribution is 6.00. The lowest BCUT2D eigenvalue weighted by molar-refractivity contribution is -0.340. The summed E-state index contributed by atoms with van der Waals surface area (Å²) in [5.41, 5.74) is -8.55. The zero-order chi connectivity index (χ0) is 27.0. The van der Waals surface area contributed by atoms with Gasteiger partial charge >= 0.3 is 11.9 Å². The fraction of sp³-hybridized carbons (Fsp3) is 0.667. The van der Waals surface area contributed by atoms with E-state index in [0.717, 1.165) is 6.08 Å². The number of fused-ring (bicyclic) bond motifs is 3. The fourth-order valence-electron chi connectivity index (χ4n) is 8.82. The average Bonchev–Trinajstić information content (AvgIpc) is 3.33. The molecule has 200 valence electrons. The maximum atomic E-state index is 13.9. The number of ether oxygens (including phenoxy) is 4. The normalized spacial score (nSPS) is 51.2. The topological polar surface area (TPSA) is 145 Å². The van der Waals surface area contributed by atoms with Gasteiger partial charge in [0.05, 0.1) is 25.1 Å². The highest BCUT2D eigenvalue weighted by Gasteiger charge is 2.98. The molecule has 9 atom stereocenters. The number of ketones is 1. The molecule has 1 aromatic rings. The number of hydrogen-bond acceptors (Lipinski definition) is 10. The predicted molar refractivity (Wildman–Crippen MR) is 123 cm³/mol. The van der Waals surface area contributed by atoms with Crippen molar-refractivity contribution in [2.75, 3.05) is 7.11 Å². The molecule has 0 amide bonds. The molecular weight excluding hydrogens is 484 g/mol. The predicted octanol–water partition coefficient (Wildman–Crippen LogP) is 1.98. The molecule has 0 unspecified atom stereocenters. The second kappa shape index (κ2) is 6.72. The zero-order valence-electron chi connectivity index (χ0n) is 21.7. The lowest BCUT2D eigenvalue weighted by Gasteiger charge is -2.59. The van der Waals surface area contributed by atoms with Crippen LogP contribution in [-0.4, -0.2) is 63.7 Å². The molecule has 2 aliphatic carbocycles. The first-order valence-electron chi connectivity index (χ1n) is 12.5. The Labute approximate surface area is 213 Å². The van der Waals surface area contributed by atoms with E-state index in [1.165, 1.54) is 39.6 Å². The number of cyclic esters (lactones) is 1. The van der Waals surface area contributed by atoms with Crippen molar-refractivity contribution in [3.8, 4) is 0 Å². The van der Waals surface area contributed by atoms with E-state index in [0.29, 0.717) is 18.4 Å². The van der Waals surface area contributed by atoms with Gasteiger partial charge in [-0.2, -0.15) is 0 Å². The molecular formula is C27H32O10. The SMILES string of the molecule is COC(=O)/C=C\[C@]1(C)[C@H]2CC[C@@]3(C)[C@H](c4ccoc4)OC(=O)[C@H]4O[C@]43[C@]2(C)[C@]2(O)OC(C)(C)C(=O)[C@@]21O. The molecule has 0 radical (unpaired) electrons. The number of carbonyl (C=O) groups excluding carboxylic acids is 3. The summed E-state index contributed by atoms with van der Waals surface area (Å²) in [4.78, 5) is 39.3. The van der Waals surface area contributed by atoms with Gasteiger partial charge in [-0.15, -0.1) is 0 Å². The minimum absolute atomic E-state index is 0.403. The Morgan fingerprint density at radius 3 is 2.46 bits per heavy atom. The molecule has 10 nitrogen and oxygen atoms in total. The van der Waals surface area contributed by atoms with Gasteiger partial charge in [0.25, 0.3) is 0 Å². The van der Waals surface area contributed by atoms with Gasteiger partial charge in [-0.25, -0.2) is 9.59 Å². The molecule has 5 aliphatic rings. The Balaban J connectivity index is 1.62. The van der Waals surface area contributed by atoms with Crippen molar-refractivity contribution in [3.63, 3.8) is 0 Å². The van der Waals surface area contributed by atoms with E-state index in [2.05, 4.69) is 0 Å². The third-order valence-electron chi connectivity index (χ3n) is 10.5. The number of hydrogen-bond donors (Lipinski definition) is 2. The van der Waals surface area contributed by atoms with E-state index in [4.69, 9.17) is 23.4 Å². The summed E-state index contributed by atoms with van der Waals surface area (Å²) in [5.74, 6) is -5.08. The highest BCUT2D eigenvalue weighted by Crippen LogP contribution is 2.84. The van der Waals surface area contributed by atoms with Crippen LogP contribution in [-0.2, 0) is 33.3 Å². The summed E-state index contributed by atoms with van der Waals surface area (Å²) < 4.78 is 28.4. The van der Waals surface area contributed by atoms with Gasteiger partial charge in [0, 0.05) is 22.5 Å². The van der Waals surface area contributed by atoms with Crippen LogP contribution in [0.5, 0.6) is 0 Å². The smallest absolute Gasteiger partial charge is 0.339 e. The van der Waals surface area contributed by atoms with Crippen LogP contribution in [0.25, 0.3) is 0 Å². The molecule has 4 heterocycles. The zero-order valence-corrected chi connectivity index (χ0v) is 21.7. The van der Waals surface area contributed by atoms with Crippen LogP contribution >= 0.6 is 0 Å². The third-order valence-corrected chi connectivity index (χ3v) is 10.5. The second-order valence-electron chi connectivity index (χ2n) is 12.3. The Bertz CT molecular complexity index is 1250. The summed E-state index contributed by atoms with van der Waals surface area (Å²) >= 11 is 0. The maximum Gasteiger partial charge on any atom is 0.339 e. The van der Waals surface area contributed by atoms with Gasteiger partial charge in [0.15, 0.2) is 11.7 Å². The Morgan fingerprint density at radius 1 is 1.14 bits per heavy atom. The van der Waals surface area contributed by atoms with Crippen molar-refractivity contribution in [1.29, 1.82) is 0 Å². The van der Waals surface area contributed by atoms with Gasteiger partial charge in [-0.1, -0.05) is 26.8 Å². The minimum atomic E-state index is -2.46. The number of furan rings is 1. The fourth-order valence-corrected chi connectivity index (χ4v) is 8.82. The third kappa shape index (κ3) is 2.28. The van der Waals surface area contributed by atoms with Gasteiger partial charge in [0.2, 0.25) is 11.6 Å². The van der Waals surface area contributed by atoms with Crippen molar-refractivity contribution >= 4 is 17.7 Å². The number of rotatable bonds is 3. The molecule has 37 heavy (non-hydrogen) atoms. The monoisotopic (exact) mass is 516 g/mol. The summed E-state index contributed by atoms with van der Waals surface area (Å²) in [7, 11) is 1.23. The van der Waals surface area contributed by atoms with Crippen molar-refractivity contribution in [1.82, 2.24) is 0 Å². The van der Waals surface area contributed by atoms with Crippen molar-refractivity contribution in [2.24, 2.45) is 22.2 Å². The number of aliphatic hydroxyl groups is 2. The van der Waals surface area contributed by atoms with E-state index >= 15 is 0 Å². The van der Waals surface area contributed by atoms with E-state index in [1.54, 1.807) is 19.9 Å². The van der Waals surface area contributed by atoms with Crippen LogP contribution in [0.2, 0.25) is 0 Å². The summed E-state index contributed by atoms with van der Waals surface area (Å²) in [6.45, 7) is 8.27. The van der Waals surface area contributed by atoms with Gasteiger partial charge in [-0.05, 0) is 38.7 Å². The first-order chi connectivity index (χ1) is 17.1. The first-order valence-corrected chi connectivity index (χ1v) is 12.5. The van der Waals surface area contributed by atoms with Crippen LogP contribution in [0.3, 0.4) is 0 Å². The quantitative estimate of drug-likeness (QED) is 0.347. The van der Waals surface area contributed by atoms with E-state index in [9.17, 15) is 24.6 Å². The lowest BCUT2D eigenvalue weighted by Crippen LogP contribution is -2.70. The van der Waals surface area contributed by atoms with Gasteiger partial charge in [0.1, 0.15) is 17.3 Å². The van der Waals surface area contributed by atoms with Crippen LogP contribution in [0.15, 0.2) is 35.2 Å². The highest BCUT2D eigenvalue weighted by atomic mass is 16.7. The molecule has 6 rings (SSSR count). The van der Waals surface area contributed by atoms with Crippen LogP contribution in [0, 0.1) is 22.2 Å². The summed E-state index contributed by atoms with van der Waals surface area (Å²) in [5, 5.41) is 25.0. The first kappa shape index (κ1) is 24.8. The molecule has 2 N–H and O–H groups in total. The number of epoxide rings is 1. The molecule has 0 bridgehead atoms. The molecule has 0 aromatic carbocycles. The largest absolute Gasteiger partial charge is 0.472 e. The van der Waals surface area contributed by atoms with Crippen molar-refractivity contribution in [3.05, 3.63) is 36.3 Å². The van der Waals surface area contributed by atoms with E-state index < -0.39 is 74.7 Å². The second-order valence-corrected chi connectivity index (χ2v) is 12.3. The molecule has 3 aliphatic heterocycles. The standard InChI is InChI=1S/C27H32O10/c1-21(2)20(30)25(31)22(3,11-8-16(28)33-6)15-7-10-23(4)17(14-9-12-34-13-14)35-19(29)18-26(23,36-18)24(15,5)27(25,32)37-21/h8-9,11-13,15,17-18,31-32H,7,10H2,1-6H3/b11-8-/t15-,17+,18-,22-,23+,24-,25+,26-,27+/m1/s1. The lowest BCUT2D eigenvalue weighted by atomic mass is 9.45. The van der Waals surface area contributed by atoms with Crippen LogP contribution in [0.4, 0.5) is 0 Å². The van der Waals surface area contributed by atoms with E-state index in [-0.39, 0.29) is 0 Å². The van der Waals surface area contributed by atoms with Crippen LogP contribution < -0.4 is 0 Å². The molecule has 2 saturated carbocycles. The summed E-state index contributed by atoms with van der Waals surface area (Å²) in [6, 6.07) is 1.72. The number of esters is 2. The summed E-state index contributed by atoms with van der Waals surface area (Å²) in [6.07, 6.45) is 4.68. The van der Waals surface area contributed by atoms with Crippen LogP contribution in [0.1, 0.15) is 59.1 Å². The molecule has 10 heteroatoms. The Kier molecular flexibility index (Phi) is 4.50. The molecule has 1 spiro atoms. The number of Topliss-reactive ketones (excluding diaryl/α,β-unsaturated/α-hetero) is 1. The van der Waals surface area contributed by atoms with Gasteiger partial charge in [-0.3, -0.25) is 4.79 Å². The van der Waals surface area contributed by atoms with Gasteiger partial charge < -0.3 is 33.6 Å². The maximum absolute atomic E-state index is 13.9. The number of carbonyl (C=O) groups is 3. The molecule has 1 aromatic heterocycles.